The number of aromatic amines is 1. The molecule has 0 atom stereocenters. The molecule has 0 bridgehead atoms. The highest BCUT2D eigenvalue weighted by atomic mass is 16.5. The van der Waals surface area contributed by atoms with Crippen LogP contribution < -0.4 is 26.0 Å². The van der Waals surface area contributed by atoms with Crippen LogP contribution in [0.3, 0.4) is 0 Å². The van der Waals surface area contributed by atoms with Crippen LogP contribution >= 0.6 is 0 Å². The Hall–Kier alpha value is -3.81. The maximum atomic E-state index is 12.8. The van der Waals surface area contributed by atoms with Crippen LogP contribution in [-0.2, 0) is 0 Å². The summed E-state index contributed by atoms with van der Waals surface area (Å²) in [6, 6.07) is 13.2. The average Bonchev–Trinajstić information content (AvgIpc) is 2.70. The van der Waals surface area contributed by atoms with E-state index in [-0.39, 0.29) is 5.56 Å². The van der Waals surface area contributed by atoms with E-state index in [1.807, 2.05) is 6.92 Å². The van der Waals surface area contributed by atoms with Crippen LogP contribution in [0.1, 0.15) is 17.3 Å². The highest BCUT2D eigenvalue weighted by Crippen LogP contribution is 2.23. The van der Waals surface area contributed by atoms with Crippen molar-refractivity contribution < 1.29 is 14.3 Å². The fourth-order valence-electron chi connectivity index (χ4n) is 2.67. The summed E-state index contributed by atoms with van der Waals surface area (Å²) in [7, 11) is 1.48. The predicted octanol–water partition coefficient (Wildman–Crippen LogP) is 2.19. The van der Waals surface area contributed by atoms with E-state index in [4.69, 9.17) is 9.47 Å². The van der Waals surface area contributed by atoms with Gasteiger partial charge in [0.2, 0.25) is 0 Å². The molecule has 28 heavy (non-hydrogen) atoms. The lowest BCUT2D eigenvalue weighted by Crippen LogP contribution is -2.38. The minimum atomic E-state index is -0.736. The molecule has 0 fully saturated rings. The molecule has 0 radical (unpaired) electrons. The molecule has 3 aromatic rings. The van der Waals surface area contributed by atoms with Gasteiger partial charge >= 0.3 is 5.69 Å². The molecule has 0 aliphatic carbocycles. The lowest BCUT2D eigenvalue weighted by molar-refractivity contribution is 0.102. The highest BCUT2D eigenvalue weighted by molar-refractivity contribution is 6.04. The van der Waals surface area contributed by atoms with Crippen LogP contribution in [0.2, 0.25) is 0 Å². The van der Waals surface area contributed by atoms with Gasteiger partial charge in [0, 0.05) is 6.20 Å². The third kappa shape index (κ3) is 3.80. The molecule has 0 spiro atoms. The number of carbonyl (C=O) groups is 1. The van der Waals surface area contributed by atoms with Gasteiger partial charge in [-0.15, -0.1) is 0 Å². The monoisotopic (exact) mass is 381 g/mol. The largest absolute Gasteiger partial charge is 0.495 e. The van der Waals surface area contributed by atoms with Crippen LogP contribution in [0.15, 0.2) is 64.3 Å². The topological polar surface area (TPSA) is 102 Å². The molecule has 0 unspecified atom stereocenters. The average molecular weight is 381 g/mol. The van der Waals surface area contributed by atoms with Gasteiger partial charge < -0.3 is 19.8 Å². The van der Waals surface area contributed by atoms with Gasteiger partial charge in [0.05, 0.1) is 25.1 Å². The van der Waals surface area contributed by atoms with Gasteiger partial charge in [0.25, 0.3) is 11.5 Å². The number of para-hydroxylation sites is 2. The molecule has 3 rings (SSSR count). The molecule has 8 heteroatoms. The number of nitrogens with zero attached hydrogens (tertiary/aromatic N) is 1. The molecule has 0 aliphatic heterocycles. The molecular weight excluding hydrogens is 362 g/mol. The number of H-pyrrole nitrogens is 1. The Bertz CT molecular complexity index is 1100. The Morgan fingerprint density at radius 2 is 1.82 bits per heavy atom. The normalized spacial score (nSPS) is 10.4. The van der Waals surface area contributed by atoms with Gasteiger partial charge in [0.1, 0.15) is 17.1 Å². The number of aromatic nitrogens is 2. The highest BCUT2D eigenvalue weighted by Gasteiger charge is 2.17. The van der Waals surface area contributed by atoms with Crippen molar-refractivity contribution in [2.45, 2.75) is 6.92 Å². The summed E-state index contributed by atoms with van der Waals surface area (Å²) in [5.41, 5.74) is -0.863. The van der Waals surface area contributed by atoms with E-state index in [1.165, 1.54) is 7.11 Å². The maximum Gasteiger partial charge on any atom is 0.333 e. The molecule has 0 aliphatic rings. The van der Waals surface area contributed by atoms with Crippen LogP contribution in [0, 0.1) is 0 Å². The second-order valence-electron chi connectivity index (χ2n) is 5.73. The molecule has 0 saturated carbocycles. The maximum absolute atomic E-state index is 12.8. The standard InChI is InChI=1S/C20H19N3O5/c1-3-28-14-10-8-13(9-11-14)23-19(25)15(12-21-20(23)26)18(24)22-16-6-4-5-7-17(16)27-2/h4-12H,3H2,1-2H3,(H,21,26)(H,22,24). The van der Waals surface area contributed by atoms with Gasteiger partial charge in [-0.2, -0.15) is 0 Å². The van der Waals surface area contributed by atoms with Crippen molar-refractivity contribution in [3.8, 4) is 17.2 Å². The van der Waals surface area contributed by atoms with Crippen molar-refractivity contribution in [1.82, 2.24) is 9.55 Å². The summed E-state index contributed by atoms with van der Waals surface area (Å²) in [4.78, 5) is 40.1. The number of methoxy groups -OCH3 is 1. The summed E-state index contributed by atoms with van der Waals surface area (Å²) in [5, 5.41) is 2.62. The van der Waals surface area contributed by atoms with Crippen molar-refractivity contribution >= 4 is 11.6 Å². The second-order valence-corrected chi connectivity index (χ2v) is 5.73. The summed E-state index contributed by atoms with van der Waals surface area (Å²) >= 11 is 0. The number of carbonyl (C=O) groups excluding carboxylic acids is 1. The summed E-state index contributed by atoms with van der Waals surface area (Å²) in [6.07, 6.45) is 1.10. The van der Waals surface area contributed by atoms with E-state index in [9.17, 15) is 14.4 Å². The molecule has 144 valence electrons. The first-order valence-corrected chi connectivity index (χ1v) is 8.57. The fraction of sp³-hybridized carbons (Fsp3) is 0.150. The number of ether oxygens (including phenoxy) is 2. The van der Waals surface area contributed by atoms with E-state index in [0.717, 1.165) is 10.8 Å². The molecule has 2 N–H and O–H groups in total. The van der Waals surface area contributed by atoms with Crippen LogP contribution in [0.4, 0.5) is 5.69 Å². The fourth-order valence-corrected chi connectivity index (χ4v) is 2.67. The zero-order valence-corrected chi connectivity index (χ0v) is 15.4. The Balaban J connectivity index is 1.97. The zero-order chi connectivity index (χ0) is 20.1. The minimum Gasteiger partial charge on any atom is -0.495 e. The van der Waals surface area contributed by atoms with E-state index in [1.54, 1.807) is 48.5 Å². The van der Waals surface area contributed by atoms with Crippen molar-refractivity contribution in [1.29, 1.82) is 0 Å². The van der Waals surface area contributed by atoms with Crippen LogP contribution in [0.25, 0.3) is 5.69 Å². The first-order chi connectivity index (χ1) is 13.5. The lowest BCUT2D eigenvalue weighted by Gasteiger charge is -2.11. The van der Waals surface area contributed by atoms with E-state index in [2.05, 4.69) is 10.3 Å². The van der Waals surface area contributed by atoms with Crippen molar-refractivity contribution in [2.75, 3.05) is 19.0 Å². The summed E-state index contributed by atoms with van der Waals surface area (Å²) in [5.74, 6) is 0.401. The van der Waals surface area contributed by atoms with Gasteiger partial charge in [0.15, 0.2) is 0 Å². The number of rotatable bonds is 6. The van der Waals surface area contributed by atoms with Crippen LogP contribution in [-0.4, -0.2) is 29.2 Å². The molecule has 8 nitrogen and oxygen atoms in total. The van der Waals surface area contributed by atoms with Gasteiger partial charge in [-0.3, -0.25) is 9.59 Å². The number of benzene rings is 2. The quantitative estimate of drug-likeness (QED) is 0.681. The number of hydrogen-bond acceptors (Lipinski definition) is 5. The van der Waals surface area contributed by atoms with Gasteiger partial charge in [-0.1, -0.05) is 12.1 Å². The number of amides is 1. The Morgan fingerprint density at radius 3 is 2.50 bits per heavy atom. The zero-order valence-electron chi connectivity index (χ0n) is 15.4. The third-order valence-electron chi connectivity index (χ3n) is 3.98. The van der Waals surface area contributed by atoms with E-state index < -0.39 is 17.2 Å². The third-order valence-corrected chi connectivity index (χ3v) is 3.98. The molecule has 1 heterocycles. The van der Waals surface area contributed by atoms with E-state index >= 15 is 0 Å². The molecular formula is C20H19N3O5. The Morgan fingerprint density at radius 1 is 1.11 bits per heavy atom. The SMILES string of the molecule is CCOc1ccc(-n2c(=O)[nH]cc(C(=O)Nc3ccccc3OC)c2=O)cc1. The second kappa shape index (κ2) is 8.26. The first kappa shape index (κ1) is 19.0. The van der Waals surface area contributed by atoms with Crippen molar-refractivity contribution in [3.05, 3.63) is 81.1 Å². The van der Waals surface area contributed by atoms with Crippen molar-refractivity contribution in [3.63, 3.8) is 0 Å². The number of hydrogen-bond donors (Lipinski definition) is 2. The first-order valence-electron chi connectivity index (χ1n) is 8.57. The van der Waals surface area contributed by atoms with Gasteiger partial charge in [-0.05, 0) is 43.3 Å². The smallest absolute Gasteiger partial charge is 0.333 e. The molecule has 1 amide bonds. The molecule has 1 aromatic heterocycles. The molecule has 2 aromatic carbocycles. The summed E-state index contributed by atoms with van der Waals surface area (Å²) < 4.78 is 11.4. The summed E-state index contributed by atoms with van der Waals surface area (Å²) in [6.45, 7) is 2.35. The lowest BCUT2D eigenvalue weighted by atomic mass is 10.2. The predicted molar refractivity (Wildman–Crippen MR) is 105 cm³/mol. The Labute approximate surface area is 160 Å². The van der Waals surface area contributed by atoms with Crippen molar-refractivity contribution in [2.24, 2.45) is 0 Å². The van der Waals surface area contributed by atoms with E-state index in [0.29, 0.717) is 29.5 Å². The Kier molecular flexibility index (Phi) is 5.59. The van der Waals surface area contributed by atoms with Gasteiger partial charge in [-0.25, -0.2) is 9.36 Å². The minimum absolute atomic E-state index is 0.209. The van der Waals surface area contributed by atoms with Crippen LogP contribution in [0.5, 0.6) is 11.5 Å². The number of nitrogens with one attached hydrogen (secondary N) is 2. The number of anilines is 1. The molecule has 0 saturated heterocycles.